The number of aliphatic imine (C=N–C) groups is 2. The van der Waals surface area contributed by atoms with E-state index in [0.717, 1.165) is 6.42 Å². The highest BCUT2D eigenvalue weighted by Crippen LogP contribution is 2.24. The average Bonchev–Trinajstić information content (AvgIpc) is 3.14. The number of fused-ring (bicyclic) bond motifs is 1. The third-order valence-electron chi connectivity index (χ3n) is 3.93. The van der Waals surface area contributed by atoms with Crippen molar-refractivity contribution < 1.29 is 9.84 Å². The van der Waals surface area contributed by atoms with Crippen molar-refractivity contribution in [1.82, 2.24) is 9.36 Å². The van der Waals surface area contributed by atoms with Gasteiger partial charge in [-0.15, -0.1) is 0 Å². The molecular formula is C15H20N6O3. The molecule has 9 heteroatoms. The van der Waals surface area contributed by atoms with Gasteiger partial charge in [0.2, 0.25) is 0 Å². The van der Waals surface area contributed by atoms with Crippen LogP contribution >= 0.6 is 0 Å². The summed E-state index contributed by atoms with van der Waals surface area (Å²) in [6, 6.07) is 0. The van der Waals surface area contributed by atoms with Gasteiger partial charge in [-0.05, 0) is 12.5 Å². The minimum absolute atomic E-state index is 0.0707. The molecule has 2 heterocycles. The van der Waals surface area contributed by atoms with Crippen molar-refractivity contribution in [2.24, 2.45) is 15.7 Å². The Morgan fingerprint density at radius 3 is 2.67 bits per heavy atom. The van der Waals surface area contributed by atoms with E-state index in [0.29, 0.717) is 41.8 Å². The number of anilines is 1. The van der Waals surface area contributed by atoms with Crippen molar-refractivity contribution in [3.63, 3.8) is 0 Å². The van der Waals surface area contributed by atoms with E-state index >= 15 is 0 Å². The molecular weight excluding hydrogens is 312 g/mol. The second-order valence-corrected chi connectivity index (χ2v) is 5.44. The number of methoxy groups -OCH3 is 1. The highest BCUT2D eigenvalue weighted by molar-refractivity contribution is 6.23. The van der Waals surface area contributed by atoms with Crippen LogP contribution in [0.15, 0.2) is 38.4 Å². The van der Waals surface area contributed by atoms with Gasteiger partial charge in [0.15, 0.2) is 11.5 Å². The van der Waals surface area contributed by atoms with E-state index in [1.165, 1.54) is 7.11 Å². The predicted molar refractivity (Wildman–Crippen MR) is 91.6 cm³/mol. The molecule has 1 aromatic rings. The lowest BCUT2D eigenvalue weighted by Gasteiger charge is -2.14. The number of hydrogen-bond donors (Lipinski definition) is 3. The molecule has 0 saturated carbocycles. The van der Waals surface area contributed by atoms with Crippen molar-refractivity contribution in [2.75, 3.05) is 26.0 Å². The highest BCUT2D eigenvalue weighted by Gasteiger charge is 2.23. The standard InChI is InChI=1S/C15H20N6O3/c1-24-12-8-10(9(16)7-11(12)18-3-6-22)19-13-14(17)20-4-2-5-21(20)15(13)23/h7-8,22H,2-6,16-17H2,1H3. The Hall–Kier alpha value is -2.81. The smallest absolute Gasteiger partial charge is 0.294 e. The number of nitrogen functional groups attached to an aromatic ring is 1. The van der Waals surface area contributed by atoms with Crippen LogP contribution < -0.4 is 17.0 Å². The maximum atomic E-state index is 12.4. The highest BCUT2D eigenvalue weighted by atomic mass is 16.5. The molecule has 0 spiro atoms. The molecule has 1 aromatic heterocycles. The molecule has 0 amide bonds. The lowest BCUT2D eigenvalue weighted by atomic mass is 10.1. The van der Waals surface area contributed by atoms with Crippen LogP contribution in [-0.2, 0) is 17.8 Å². The zero-order chi connectivity index (χ0) is 17.3. The van der Waals surface area contributed by atoms with Crippen molar-refractivity contribution in [3.05, 3.63) is 34.0 Å². The Labute approximate surface area is 138 Å². The Morgan fingerprint density at radius 1 is 1.25 bits per heavy atom. The van der Waals surface area contributed by atoms with E-state index in [9.17, 15) is 4.79 Å². The molecule has 1 aliphatic heterocycles. The summed E-state index contributed by atoms with van der Waals surface area (Å²) < 4.78 is 8.61. The average molecular weight is 332 g/mol. The molecule has 0 aromatic carbocycles. The van der Waals surface area contributed by atoms with Crippen LogP contribution in [0.1, 0.15) is 6.42 Å². The third kappa shape index (κ3) is 2.62. The molecule has 0 saturated heterocycles. The third-order valence-corrected chi connectivity index (χ3v) is 3.93. The zero-order valence-corrected chi connectivity index (χ0v) is 13.4. The number of rotatable bonds is 4. The molecule has 1 aliphatic carbocycles. The summed E-state index contributed by atoms with van der Waals surface area (Å²) in [6.45, 7) is 1.51. The number of aliphatic hydroxyl groups is 1. The van der Waals surface area contributed by atoms with Crippen LogP contribution in [0.3, 0.4) is 0 Å². The van der Waals surface area contributed by atoms with Gasteiger partial charge in [-0.25, -0.2) is 9.67 Å². The minimum Gasteiger partial charge on any atom is -0.494 e. The van der Waals surface area contributed by atoms with Crippen LogP contribution in [0.4, 0.5) is 11.5 Å². The fraction of sp³-hybridized carbons (Fsp3) is 0.400. The van der Waals surface area contributed by atoms with Gasteiger partial charge in [0.1, 0.15) is 11.5 Å². The number of aliphatic hydroxyl groups excluding tert-OH is 1. The molecule has 2 aliphatic rings. The normalized spacial score (nSPS) is 20.2. The molecule has 0 atom stereocenters. The van der Waals surface area contributed by atoms with Crippen molar-refractivity contribution >= 4 is 22.9 Å². The SMILES string of the molecule is COC1=CC(=Nc2c(N)n3n(c2=O)CCC3)C(N)=CC1=NCCO. The number of ether oxygens (including phenoxy) is 1. The van der Waals surface area contributed by atoms with Crippen LogP contribution in [0.5, 0.6) is 0 Å². The van der Waals surface area contributed by atoms with Crippen molar-refractivity contribution in [3.8, 4) is 0 Å². The van der Waals surface area contributed by atoms with Crippen molar-refractivity contribution in [2.45, 2.75) is 19.5 Å². The molecule has 3 rings (SSSR count). The zero-order valence-electron chi connectivity index (χ0n) is 13.4. The van der Waals surface area contributed by atoms with Crippen molar-refractivity contribution in [1.29, 1.82) is 0 Å². The van der Waals surface area contributed by atoms with Gasteiger partial charge in [-0.1, -0.05) is 0 Å². The number of aromatic nitrogens is 2. The Morgan fingerprint density at radius 2 is 2.00 bits per heavy atom. The van der Waals surface area contributed by atoms with E-state index < -0.39 is 0 Å². The fourth-order valence-electron chi connectivity index (χ4n) is 2.78. The van der Waals surface area contributed by atoms with Gasteiger partial charge >= 0.3 is 0 Å². The minimum atomic E-state index is -0.225. The molecule has 0 unspecified atom stereocenters. The summed E-state index contributed by atoms with van der Waals surface area (Å²) in [7, 11) is 1.50. The van der Waals surface area contributed by atoms with Crippen LogP contribution in [-0.4, -0.2) is 46.2 Å². The van der Waals surface area contributed by atoms with Gasteiger partial charge in [0.05, 0.1) is 31.7 Å². The van der Waals surface area contributed by atoms with Crippen LogP contribution in [0.25, 0.3) is 0 Å². The number of hydrogen-bond acceptors (Lipinski definition) is 7. The second kappa shape index (κ2) is 6.36. The van der Waals surface area contributed by atoms with Gasteiger partial charge < -0.3 is 21.3 Å². The predicted octanol–water partition coefficient (Wildman–Crippen LogP) is -0.472. The topological polar surface area (TPSA) is 133 Å². The molecule has 24 heavy (non-hydrogen) atoms. The summed E-state index contributed by atoms with van der Waals surface area (Å²) in [5.74, 6) is 0.798. The van der Waals surface area contributed by atoms with E-state index in [2.05, 4.69) is 9.98 Å². The largest absolute Gasteiger partial charge is 0.494 e. The summed E-state index contributed by atoms with van der Waals surface area (Å²) >= 11 is 0. The molecule has 0 bridgehead atoms. The Kier molecular flexibility index (Phi) is 4.26. The molecule has 9 nitrogen and oxygen atoms in total. The Bertz CT molecular complexity index is 840. The van der Waals surface area contributed by atoms with Crippen LogP contribution in [0, 0.1) is 0 Å². The lowest BCUT2D eigenvalue weighted by molar-refractivity contribution is 0.304. The lowest BCUT2D eigenvalue weighted by Crippen LogP contribution is -2.21. The van der Waals surface area contributed by atoms with Gasteiger partial charge in [0, 0.05) is 19.2 Å². The Balaban J connectivity index is 2.03. The van der Waals surface area contributed by atoms with Crippen LogP contribution in [0.2, 0.25) is 0 Å². The first-order valence-corrected chi connectivity index (χ1v) is 7.63. The maximum absolute atomic E-state index is 12.4. The summed E-state index contributed by atoms with van der Waals surface area (Å²) in [6.07, 6.45) is 4.10. The summed E-state index contributed by atoms with van der Waals surface area (Å²) in [5.41, 5.74) is 13.3. The van der Waals surface area contributed by atoms with E-state index in [1.807, 2.05) is 0 Å². The molecule has 0 fully saturated rings. The first kappa shape index (κ1) is 16.1. The summed E-state index contributed by atoms with van der Waals surface area (Å²) in [5, 5.41) is 8.89. The monoisotopic (exact) mass is 332 g/mol. The first-order valence-electron chi connectivity index (χ1n) is 7.63. The van der Waals surface area contributed by atoms with Gasteiger partial charge in [-0.2, -0.15) is 0 Å². The van der Waals surface area contributed by atoms with E-state index in [-0.39, 0.29) is 24.4 Å². The quantitative estimate of drug-likeness (QED) is 0.641. The van der Waals surface area contributed by atoms with E-state index in [1.54, 1.807) is 21.5 Å². The fourth-order valence-corrected chi connectivity index (χ4v) is 2.78. The van der Waals surface area contributed by atoms with Gasteiger partial charge in [-0.3, -0.25) is 14.5 Å². The number of nitrogens with two attached hydrogens (primary N) is 2. The first-order chi connectivity index (χ1) is 11.6. The second-order valence-electron chi connectivity index (χ2n) is 5.44. The van der Waals surface area contributed by atoms with E-state index in [4.69, 9.17) is 21.3 Å². The van der Waals surface area contributed by atoms with Gasteiger partial charge in [0.25, 0.3) is 5.56 Å². The molecule has 0 radical (unpaired) electrons. The molecule has 128 valence electrons. The number of allylic oxidation sites excluding steroid dienone is 2. The number of nitrogens with zero attached hydrogens (tertiary/aromatic N) is 4. The maximum Gasteiger partial charge on any atom is 0.294 e. The molecule has 5 N–H and O–H groups in total. The summed E-state index contributed by atoms with van der Waals surface area (Å²) in [4.78, 5) is 21.0.